The van der Waals surface area contributed by atoms with Gasteiger partial charge in [-0.3, -0.25) is 9.69 Å². The van der Waals surface area contributed by atoms with Crippen LogP contribution >= 0.6 is 11.3 Å². The third-order valence-electron chi connectivity index (χ3n) is 3.30. The Balaban J connectivity index is 1.75. The van der Waals surface area contributed by atoms with E-state index >= 15 is 0 Å². The Kier molecular flexibility index (Phi) is 5.75. The summed E-state index contributed by atoms with van der Waals surface area (Å²) in [5.74, 6) is -0.789. The molecule has 20 heavy (non-hydrogen) atoms. The predicted octanol–water partition coefficient (Wildman–Crippen LogP) is 1.29. The first-order valence-electron chi connectivity index (χ1n) is 6.91. The van der Waals surface area contributed by atoms with E-state index in [2.05, 4.69) is 22.1 Å². The maximum absolute atomic E-state index is 10.5. The number of aryl methyl sites for hydroxylation is 1. The van der Waals surface area contributed by atoms with E-state index in [-0.39, 0.29) is 12.5 Å². The first-order valence-corrected chi connectivity index (χ1v) is 7.79. The number of likely N-dealkylation sites (N-methyl/N-ethyl adjacent to an activating group) is 1. The molecule has 1 aliphatic rings. The van der Waals surface area contributed by atoms with Gasteiger partial charge in [0.1, 0.15) is 0 Å². The van der Waals surface area contributed by atoms with Crippen molar-refractivity contribution >= 4 is 22.4 Å². The van der Waals surface area contributed by atoms with Crippen LogP contribution in [0.4, 0.5) is 5.13 Å². The second-order valence-electron chi connectivity index (χ2n) is 4.80. The number of rotatable bonds is 7. The molecule has 1 saturated heterocycles. The molecule has 2 rings (SSSR count). The van der Waals surface area contributed by atoms with Gasteiger partial charge in [0.15, 0.2) is 5.13 Å². The molecule has 0 aromatic carbocycles. The molecule has 0 bridgehead atoms. The van der Waals surface area contributed by atoms with Gasteiger partial charge in [0.2, 0.25) is 0 Å². The average Bonchev–Trinajstić information content (AvgIpc) is 2.91. The molecule has 0 amide bonds. The van der Waals surface area contributed by atoms with E-state index in [0.717, 1.165) is 43.6 Å². The molecule has 2 N–H and O–H groups in total. The molecule has 0 saturated carbocycles. The van der Waals surface area contributed by atoms with Crippen molar-refractivity contribution in [2.24, 2.45) is 0 Å². The highest BCUT2D eigenvalue weighted by atomic mass is 32.1. The van der Waals surface area contributed by atoms with Gasteiger partial charge in [-0.15, -0.1) is 11.3 Å². The number of carbonyl (C=O) groups is 1. The number of morpholine rings is 1. The lowest BCUT2D eigenvalue weighted by atomic mass is 10.2. The molecule has 7 heteroatoms. The number of hydrogen-bond donors (Lipinski definition) is 2. The van der Waals surface area contributed by atoms with Crippen molar-refractivity contribution in [1.82, 2.24) is 9.88 Å². The van der Waals surface area contributed by atoms with Gasteiger partial charge in [-0.25, -0.2) is 4.98 Å². The van der Waals surface area contributed by atoms with E-state index in [1.165, 1.54) is 11.3 Å². The zero-order valence-corrected chi connectivity index (χ0v) is 12.5. The summed E-state index contributed by atoms with van der Waals surface area (Å²) in [6, 6.07) is 0. The fraction of sp³-hybridized carbons (Fsp3) is 0.692. The van der Waals surface area contributed by atoms with Crippen LogP contribution in [0.1, 0.15) is 19.0 Å². The zero-order valence-electron chi connectivity index (χ0n) is 11.7. The smallest absolute Gasteiger partial charge is 0.303 e. The highest BCUT2D eigenvalue weighted by Gasteiger charge is 2.19. The summed E-state index contributed by atoms with van der Waals surface area (Å²) in [7, 11) is 0. The molecular formula is C13H21N3O3S. The summed E-state index contributed by atoms with van der Waals surface area (Å²) < 4.78 is 5.71. The van der Waals surface area contributed by atoms with Gasteiger partial charge < -0.3 is 15.2 Å². The molecule has 0 aliphatic carbocycles. The van der Waals surface area contributed by atoms with Crippen LogP contribution in [0.2, 0.25) is 0 Å². The molecule has 1 aliphatic heterocycles. The van der Waals surface area contributed by atoms with Gasteiger partial charge in [-0.05, 0) is 6.54 Å². The summed E-state index contributed by atoms with van der Waals surface area (Å²) >= 11 is 1.51. The number of aliphatic carboxylic acids is 1. The number of carboxylic acids is 1. The van der Waals surface area contributed by atoms with Crippen LogP contribution in [0.3, 0.4) is 0 Å². The number of anilines is 1. The van der Waals surface area contributed by atoms with E-state index < -0.39 is 5.97 Å². The maximum Gasteiger partial charge on any atom is 0.303 e. The summed E-state index contributed by atoms with van der Waals surface area (Å²) in [6.45, 7) is 6.68. The van der Waals surface area contributed by atoms with Crippen molar-refractivity contribution in [3.8, 4) is 0 Å². The SMILES string of the molecule is CCN1CCOC(CNc2nc(CCC(=O)O)cs2)C1. The summed E-state index contributed by atoms with van der Waals surface area (Å²) in [6.07, 6.45) is 0.798. The second kappa shape index (κ2) is 7.56. The molecule has 2 heterocycles. The Morgan fingerprint density at radius 2 is 2.55 bits per heavy atom. The van der Waals surface area contributed by atoms with Crippen molar-refractivity contribution < 1.29 is 14.6 Å². The van der Waals surface area contributed by atoms with Crippen molar-refractivity contribution in [3.05, 3.63) is 11.1 Å². The third-order valence-corrected chi connectivity index (χ3v) is 4.15. The minimum Gasteiger partial charge on any atom is -0.481 e. The van der Waals surface area contributed by atoms with Crippen LogP contribution in [0.15, 0.2) is 5.38 Å². The molecule has 1 fully saturated rings. The lowest BCUT2D eigenvalue weighted by Crippen LogP contribution is -2.45. The van der Waals surface area contributed by atoms with E-state index in [9.17, 15) is 4.79 Å². The number of thiazole rings is 1. The van der Waals surface area contributed by atoms with Crippen LogP contribution in [0, 0.1) is 0 Å². The van der Waals surface area contributed by atoms with Crippen molar-refractivity contribution in [1.29, 1.82) is 0 Å². The van der Waals surface area contributed by atoms with E-state index in [1.54, 1.807) is 0 Å². The van der Waals surface area contributed by atoms with E-state index in [4.69, 9.17) is 9.84 Å². The average molecular weight is 299 g/mol. The summed E-state index contributed by atoms with van der Waals surface area (Å²) in [5.41, 5.74) is 0.833. The van der Waals surface area contributed by atoms with Crippen LogP contribution in [-0.2, 0) is 16.0 Å². The first kappa shape index (κ1) is 15.2. The molecule has 0 radical (unpaired) electrons. The van der Waals surface area contributed by atoms with Gasteiger partial charge in [0, 0.05) is 31.4 Å². The van der Waals surface area contributed by atoms with Gasteiger partial charge >= 0.3 is 5.97 Å². The highest BCUT2D eigenvalue weighted by Crippen LogP contribution is 2.17. The topological polar surface area (TPSA) is 74.7 Å². The molecule has 1 aromatic rings. The van der Waals surface area contributed by atoms with Crippen LogP contribution < -0.4 is 5.32 Å². The summed E-state index contributed by atoms with van der Waals surface area (Å²) in [5, 5.41) is 14.7. The van der Waals surface area contributed by atoms with Crippen molar-refractivity contribution in [3.63, 3.8) is 0 Å². The lowest BCUT2D eigenvalue weighted by molar-refractivity contribution is -0.136. The third kappa shape index (κ3) is 4.73. The fourth-order valence-electron chi connectivity index (χ4n) is 2.13. The number of nitrogens with zero attached hydrogens (tertiary/aromatic N) is 2. The van der Waals surface area contributed by atoms with Gasteiger partial charge in [-0.1, -0.05) is 6.92 Å². The molecule has 1 aromatic heterocycles. The molecule has 6 nitrogen and oxygen atoms in total. The van der Waals surface area contributed by atoms with Gasteiger partial charge in [0.25, 0.3) is 0 Å². The Morgan fingerprint density at radius 3 is 3.30 bits per heavy atom. The number of aromatic nitrogens is 1. The Bertz CT molecular complexity index is 438. The minimum atomic E-state index is -0.789. The van der Waals surface area contributed by atoms with Crippen molar-refractivity contribution in [2.75, 3.05) is 38.1 Å². The maximum atomic E-state index is 10.5. The zero-order chi connectivity index (χ0) is 14.4. The standard InChI is InChI=1S/C13H21N3O3S/c1-2-16-5-6-19-11(8-16)7-14-13-15-10(9-20-13)3-4-12(17)18/h9,11H,2-8H2,1H3,(H,14,15)(H,17,18). The quantitative estimate of drug-likeness (QED) is 0.790. The van der Waals surface area contributed by atoms with E-state index in [1.807, 2.05) is 5.38 Å². The Morgan fingerprint density at radius 1 is 1.70 bits per heavy atom. The van der Waals surface area contributed by atoms with Crippen LogP contribution in [0.5, 0.6) is 0 Å². The largest absolute Gasteiger partial charge is 0.481 e. The number of hydrogen-bond acceptors (Lipinski definition) is 6. The second-order valence-corrected chi connectivity index (χ2v) is 5.66. The Hall–Kier alpha value is -1.18. The number of carboxylic acid groups (broad SMARTS) is 1. The molecule has 0 spiro atoms. The predicted molar refractivity (Wildman–Crippen MR) is 78.4 cm³/mol. The molecular weight excluding hydrogens is 278 g/mol. The Labute approximate surface area is 122 Å². The monoisotopic (exact) mass is 299 g/mol. The fourth-order valence-corrected chi connectivity index (χ4v) is 2.89. The van der Waals surface area contributed by atoms with Crippen LogP contribution in [0.25, 0.3) is 0 Å². The number of ether oxygens (including phenoxy) is 1. The van der Waals surface area contributed by atoms with Gasteiger partial charge in [-0.2, -0.15) is 0 Å². The first-order chi connectivity index (χ1) is 9.67. The van der Waals surface area contributed by atoms with E-state index in [0.29, 0.717) is 6.42 Å². The van der Waals surface area contributed by atoms with Crippen molar-refractivity contribution in [2.45, 2.75) is 25.9 Å². The molecule has 1 atom stereocenters. The minimum absolute atomic E-state index is 0.125. The molecule has 1 unspecified atom stereocenters. The van der Waals surface area contributed by atoms with Crippen LogP contribution in [-0.4, -0.2) is 59.8 Å². The normalized spacial score (nSPS) is 19.9. The molecule has 112 valence electrons. The summed E-state index contributed by atoms with van der Waals surface area (Å²) in [4.78, 5) is 17.3. The lowest BCUT2D eigenvalue weighted by Gasteiger charge is -2.32. The van der Waals surface area contributed by atoms with Gasteiger partial charge in [0.05, 0.1) is 24.8 Å². The highest BCUT2D eigenvalue weighted by molar-refractivity contribution is 7.13. The number of nitrogens with one attached hydrogen (secondary N) is 1.